The highest BCUT2D eigenvalue weighted by atomic mass is 16.4. The van der Waals surface area contributed by atoms with Crippen LogP contribution >= 0.6 is 0 Å². The monoisotopic (exact) mass is 1870 g/mol. The summed E-state index contributed by atoms with van der Waals surface area (Å²) in [7, 11) is 0. The molecule has 50 heteroatoms. The second-order valence-electron chi connectivity index (χ2n) is 30.8. The molecular formula is C82H136N28O22. The molecule has 0 saturated heterocycles. The molecule has 2 aromatic carbocycles. The van der Waals surface area contributed by atoms with Crippen LogP contribution in [0, 0.1) is 27.6 Å². The van der Waals surface area contributed by atoms with Crippen molar-refractivity contribution in [1.29, 1.82) is 21.6 Å². The molecule has 0 amide bonds. The molecule has 0 heterocycles. The molecule has 39 N–H and O–H groups in total. The van der Waals surface area contributed by atoms with Crippen LogP contribution < -0.4 is 45.0 Å². The van der Waals surface area contributed by atoms with E-state index in [1.807, 2.05) is 18.2 Å². The Morgan fingerprint density at radius 1 is 0.364 bits per heavy atom. The first-order valence-corrected chi connectivity index (χ1v) is 42.7. The Labute approximate surface area is 763 Å². The van der Waals surface area contributed by atoms with E-state index in [1.54, 1.807) is 56.3 Å². The number of carbonyl (C=O) groups is 1. The minimum absolute atomic E-state index is 0.0151. The van der Waals surface area contributed by atoms with Gasteiger partial charge in [0, 0.05) is 25.9 Å². The van der Waals surface area contributed by atoms with E-state index in [4.69, 9.17) is 56.0 Å². The van der Waals surface area contributed by atoms with Gasteiger partial charge in [-0.25, -0.2) is 84.7 Å². The van der Waals surface area contributed by atoms with Crippen LogP contribution in [0.3, 0.4) is 0 Å². The van der Waals surface area contributed by atoms with E-state index in [-0.39, 0.29) is 122 Å². The smallest absolute Gasteiger partial charge is 0.328 e. The highest BCUT2D eigenvalue weighted by Gasteiger charge is 2.32. The number of nitrogens with two attached hydrogens (primary N) is 6. The zero-order chi connectivity index (χ0) is 99.1. The van der Waals surface area contributed by atoms with E-state index >= 15 is 0 Å². The van der Waals surface area contributed by atoms with Crippen LogP contribution in [0.1, 0.15) is 155 Å². The molecule has 132 heavy (non-hydrogen) atoms. The molecule has 0 aliphatic heterocycles. The summed E-state index contributed by atoms with van der Waals surface area (Å²) < 4.78 is 0. The maximum absolute atomic E-state index is 12.0. The van der Waals surface area contributed by atoms with Crippen LogP contribution in [0.2, 0.25) is 0 Å². The fraction of sp³-hybridized carbons (Fsp3) is 0.598. The highest BCUT2D eigenvalue weighted by Crippen LogP contribution is 2.21. The second kappa shape index (κ2) is 62.8. The van der Waals surface area contributed by atoms with Crippen molar-refractivity contribution >= 4 is 124 Å². The van der Waals surface area contributed by atoms with E-state index in [1.165, 1.54) is 20.8 Å². The lowest BCUT2D eigenvalue weighted by molar-refractivity contribution is -0.138. The molecule has 15 atom stereocenters. The lowest BCUT2D eigenvalue weighted by Gasteiger charge is -2.20. The van der Waals surface area contributed by atoms with Gasteiger partial charge in [0.25, 0.3) is 0 Å². The van der Waals surface area contributed by atoms with Crippen molar-refractivity contribution in [2.45, 2.75) is 247 Å². The summed E-state index contributed by atoms with van der Waals surface area (Å²) in [6.07, 6.45) is -1.92. The Kier molecular flexibility index (Phi) is 54.6. The van der Waals surface area contributed by atoms with Crippen LogP contribution in [-0.4, -0.2) is 381 Å². The molecule has 2 aromatic rings. The molecule has 0 aliphatic carbocycles. The summed E-state index contributed by atoms with van der Waals surface area (Å²) in [5.74, 6) is -17.9. The quantitative estimate of drug-likeness (QED) is 0.0244. The number of carboxylic acid groups (broad SMARTS) is 1. The Hall–Kier alpha value is -13.3. The van der Waals surface area contributed by atoms with Gasteiger partial charge in [0.2, 0.25) is 88.5 Å². The number of aliphatic hydroxyl groups is 20. The first-order valence-electron chi connectivity index (χ1n) is 42.7. The number of unbranched alkanes of at least 4 members (excludes halogenated alkanes) is 3. The summed E-state index contributed by atoms with van der Waals surface area (Å²) in [4.78, 5) is 77.4. The molecule has 0 bridgehead atoms. The molecule has 0 saturated carbocycles. The van der Waals surface area contributed by atoms with Crippen molar-refractivity contribution in [3.63, 3.8) is 0 Å². The lowest BCUT2D eigenvalue weighted by Crippen LogP contribution is -2.34. The van der Waals surface area contributed by atoms with E-state index in [0.29, 0.717) is 24.8 Å². The van der Waals surface area contributed by atoms with Crippen LogP contribution in [0.5, 0.6) is 0 Å². The number of hydrogen-bond acceptors (Lipinski definition) is 27. The van der Waals surface area contributed by atoms with Gasteiger partial charge < -0.3 is 152 Å². The molecule has 0 aromatic heterocycles. The maximum Gasteiger partial charge on any atom is 0.328 e. The Morgan fingerprint density at radius 3 is 1.14 bits per heavy atom. The normalized spacial score (nSPS) is 17.5. The fourth-order valence-electron chi connectivity index (χ4n) is 11.9. The summed E-state index contributed by atoms with van der Waals surface area (Å²) in [5, 5.41) is 267. The summed E-state index contributed by atoms with van der Waals surface area (Å²) in [6.45, 7) is 4.63. The standard InChI is InChI=1S/C82H136N28O22/c1-44(2)36-57(75(126)105-52(25-13-16-32-84)73(124)108-59(39-62(88)114)76(127)106-56(80(131)132)29-30-61(87)113)107-72(123)51(24-12-15-31-83)103-71(122)55(28-19-35-94-82(91)92)102-68(119)46(4)99-78(129)60(43-111)109-74(125)53(26-14-17-33-85)104-70(121)54(27-18-34-93-81(89)90)101-67(118)45(3)98-64(116)42-97-79(130)66(47(5)112)110-77(128)58(38-49-22-10-7-11-23-49)100-65(117)41-95-63(115)40-96-69(120)50(86)37-48-20-8-6-9-21-48/h6-11,20-23,44-47,50-60,66,111-112H,12-19,24-43,83-86H2,1-5H3,(H2,87,113)(H2,88,114)(H,95,115)(H,96,120)(H,97,130)(H,98,116)(H,99,129)(H,100,117)(H,101,118)(H,102,119)(H,103,122)(H,104,121)(H,105,126)(H,106,127)(H,107,123)(H,108,124)(H,109,125)(H,110,128)(H,131,132)(H4,89,90,93)(H4,91,92,94). The number of nitrogens with one attached hydrogen (secondary N) is 6. The number of hydrogen-bond donors (Lipinski definition) is 33. The Balaban J connectivity index is 2.73. The number of rotatable bonds is 66. The van der Waals surface area contributed by atoms with E-state index < -0.39 is 260 Å². The Bertz CT molecular complexity index is 4430. The average Bonchev–Trinajstić information content (AvgIpc) is 0.856. The molecule has 0 spiro atoms. The van der Waals surface area contributed by atoms with E-state index in [9.17, 15) is 112 Å². The molecule has 50 nitrogen and oxygen atoms in total. The van der Waals surface area contributed by atoms with Crippen LogP contribution in [0.4, 0.5) is 0 Å². The molecular weight excluding hydrogens is 1730 g/mol. The summed E-state index contributed by atoms with van der Waals surface area (Å²) >= 11 is 0. The summed E-state index contributed by atoms with van der Waals surface area (Å²) in [5.41, 5.74) is 35.9. The van der Waals surface area contributed by atoms with E-state index in [0.717, 1.165) is 5.56 Å². The number of benzene rings is 2. The summed E-state index contributed by atoms with van der Waals surface area (Å²) in [6, 6.07) is -3.78. The fourth-order valence-corrected chi connectivity index (χ4v) is 11.9. The second-order valence-corrected chi connectivity index (χ2v) is 30.8. The topological polar surface area (TPSA) is 915 Å². The van der Waals surface area contributed by atoms with Gasteiger partial charge in [0.1, 0.15) is 80.1 Å². The number of aliphatic carboxylic acids is 1. The van der Waals surface area contributed by atoms with Crippen molar-refractivity contribution in [1.82, 2.24) is 10.6 Å². The van der Waals surface area contributed by atoms with Crippen LogP contribution in [0.25, 0.3) is 0 Å². The zero-order valence-electron chi connectivity index (χ0n) is 74.7. The predicted octanol–water partition coefficient (Wildman–Crippen LogP) is 4.59. The first kappa shape index (κ1) is 115. The van der Waals surface area contributed by atoms with Crippen molar-refractivity contribution < 1.29 is 112 Å². The minimum atomic E-state index is -1.83. The van der Waals surface area contributed by atoms with Crippen molar-refractivity contribution in [2.24, 2.45) is 120 Å². The van der Waals surface area contributed by atoms with Gasteiger partial charge in [-0.15, -0.1) is 0 Å². The zero-order valence-corrected chi connectivity index (χ0v) is 74.7. The Morgan fingerprint density at radius 2 is 0.720 bits per heavy atom. The maximum atomic E-state index is 12.0. The highest BCUT2D eigenvalue weighted by molar-refractivity contribution is 5.97. The SMILES string of the molecule is CC(C)CC(N=C(O)C(CCCCN)N=C(O)C(CCCNC(=N)N)N=C(O)C(C)N=C(O)C(CO)N=C(O)C(CCCCN)N=C(O)C(CCCNC(=N)N)N=C(O)C(C)N=C(O)CN=C(O)C(N=C(O)C(Cc1ccccc1)N=C(O)CN=C(O)CN=C(O)C(N)Cc1ccccc1)C(C)O)C(O)=NC(CCCCN)C(O)=NC(CC(=N)O)C(O)=NC(CCC(=N)O)C(=O)O. The van der Waals surface area contributed by atoms with Gasteiger partial charge >= 0.3 is 5.97 Å². The van der Waals surface area contributed by atoms with Crippen molar-refractivity contribution in [3.8, 4) is 0 Å². The minimum Gasteiger partial charge on any atom is -0.497 e. The van der Waals surface area contributed by atoms with Crippen molar-refractivity contribution in [2.75, 3.05) is 59.0 Å². The van der Waals surface area contributed by atoms with Gasteiger partial charge in [0.15, 0.2) is 47.7 Å². The number of nitrogens with zero attached hydrogens (tertiary/aromatic N) is 16. The van der Waals surface area contributed by atoms with Gasteiger partial charge in [-0.3, -0.25) is 21.6 Å². The molecule has 0 aliphatic rings. The van der Waals surface area contributed by atoms with Gasteiger partial charge in [-0.1, -0.05) is 74.5 Å². The number of guanidine groups is 2. The number of carboxylic acids is 1. The van der Waals surface area contributed by atoms with E-state index in [2.05, 4.69) is 90.5 Å². The van der Waals surface area contributed by atoms with Gasteiger partial charge in [0.05, 0.1) is 25.2 Å². The van der Waals surface area contributed by atoms with Crippen molar-refractivity contribution in [3.05, 3.63) is 71.8 Å². The van der Waals surface area contributed by atoms with Crippen LogP contribution in [0.15, 0.2) is 141 Å². The number of aliphatic hydroxyl groups excluding tert-OH is 20. The third kappa shape index (κ3) is 47.3. The molecule has 0 radical (unpaired) electrons. The molecule has 2 rings (SSSR count). The lowest BCUT2D eigenvalue weighted by atomic mass is 10.0. The number of aliphatic imine (C=N–C) groups is 16. The third-order valence-corrected chi connectivity index (χ3v) is 19.0. The average molecular weight is 1870 g/mol. The van der Waals surface area contributed by atoms with Gasteiger partial charge in [-0.05, 0) is 160 Å². The first-order chi connectivity index (χ1) is 62.4. The molecule has 15 unspecified atom stereocenters. The largest absolute Gasteiger partial charge is 0.497 e. The predicted molar refractivity (Wildman–Crippen MR) is 512 cm³/mol. The molecule has 736 valence electrons. The van der Waals surface area contributed by atoms with Crippen LogP contribution in [-0.2, 0) is 17.6 Å². The van der Waals surface area contributed by atoms with Gasteiger partial charge in [-0.2, -0.15) is 0 Å². The third-order valence-electron chi connectivity index (χ3n) is 19.0. The molecule has 0 fully saturated rings.